The van der Waals surface area contributed by atoms with Gasteiger partial charge in [0.15, 0.2) is 12.9 Å². The van der Waals surface area contributed by atoms with Gasteiger partial charge in [-0.1, -0.05) is 36.4 Å². The lowest BCUT2D eigenvalue weighted by Crippen LogP contribution is -2.20. The Kier molecular flexibility index (Phi) is 5.10. The van der Waals surface area contributed by atoms with E-state index < -0.39 is 0 Å². The molecule has 0 heterocycles. The van der Waals surface area contributed by atoms with Crippen LogP contribution in [0.25, 0.3) is 10.8 Å². The van der Waals surface area contributed by atoms with Gasteiger partial charge in [0.25, 0.3) is 5.91 Å². The van der Waals surface area contributed by atoms with E-state index in [0.717, 1.165) is 20.6 Å². The minimum Gasteiger partial charge on any atom is -0.483 e. The van der Waals surface area contributed by atoms with Crippen molar-refractivity contribution in [2.24, 2.45) is 0 Å². The number of nitrogens with one attached hydrogen (secondary N) is 1. The molecule has 120 valence electrons. The molecule has 0 radical (unpaired) electrons. The molecule has 4 nitrogen and oxygen atoms in total. The van der Waals surface area contributed by atoms with Gasteiger partial charge < -0.3 is 10.1 Å². The Balaban J connectivity index is 1.73. The van der Waals surface area contributed by atoms with Crippen LogP contribution in [0.3, 0.4) is 0 Å². The Bertz CT molecular complexity index is 908. The van der Waals surface area contributed by atoms with Crippen LogP contribution in [-0.2, 0) is 4.79 Å². The summed E-state index contributed by atoms with van der Waals surface area (Å²) in [6, 6.07) is 18.6. The predicted molar refractivity (Wildman–Crippen MR) is 103 cm³/mol. The van der Waals surface area contributed by atoms with Gasteiger partial charge in [0.1, 0.15) is 5.75 Å². The molecule has 0 spiro atoms. The highest BCUT2D eigenvalue weighted by molar-refractivity contribution is 14.1. The largest absolute Gasteiger partial charge is 0.483 e. The molecule has 0 saturated heterocycles. The molecule has 0 aromatic heterocycles. The van der Waals surface area contributed by atoms with Gasteiger partial charge in [0, 0.05) is 9.26 Å². The van der Waals surface area contributed by atoms with Crippen LogP contribution in [0.15, 0.2) is 60.7 Å². The minimum atomic E-state index is -0.276. The monoisotopic (exact) mass is 431 g/mol. The molecule has 3 aromatic carbocycles. The van der Waals surface area contributed by atoms with E-state index in [1.54, 1.807) is 6.07 Å². The standard InChI is InChI=1S/C19H14INO3/c20-14-5-3-6-15(10-14)21-19(23)12-24-18-9-8-13-4-1-2-7-16(13)17(18)11-22/h1-11H,12H2,(H,21,23). The molecule has 0 unspecified atom stereocenters. The second kappa shape index (κ2) is 7.44. The van der Waals surface area contributed by atoms with Crippen LogP contribution < -0.4 is 10.1 Å². The van der Waals surface area contributed by atoms with Gasteiger partial charge in [-0.2, -0.15) is 0 Å². The number of anilines is 1. The summed E-state index contributed by atoms with van der Waals surface area (Å²) in [6.07, 6.45) is 0.759. The molecule has 0 bridgehead atoms. The van der Waals surface area contributed by atoms with E-state index >= 15 is 0 Å². The fraction of sp³-hybridized carbons (Fsp3) is 0.0526. The molecule has 1 amide bonds. The van der Waals surface area contributed by atoms with Crippen LogP contribution in [0.2, 0.25) is 0 Å². The molecular formula is C19H14INO3. The molecule has 1 N–H and O–H groups in total. The summed E-state index contributed by atoms with van der Waals surface area (Å²) < 4.78 is 6.59. The topological polar surface area (TPSA) is 55.4 Å². The van der Waals surface area contributed by atoms with E-state index in [1.807, 2.05) is 54.6 Å². The Hall–Kier alpha value is -2.41. The fourth-order valence-corrected chi connectivity index (χ4v) is 2.97. The quantitative estimate of drug-likeness (QED) is 0.485. The number of carbonyl (C=O) groups is 2. The summed E-state index contributed by atoms with van der Waals surface area (Å²) in [5.74, 6) is 0.128. The zero-order valence-electron chi connectivity index (χ0n) is 12.7. The first-order valence-corrected chi connectivity index (χ1v) is 8.40. The minimum absolute atomic E-state index is 0.162. The van der Waals surface area contributed by atoms with Gasteiger partial charge >= 0.3 is 0 Å². The summed E-state index contributed by atoms with van der Waals surface area (Å²) in [4.78, 5) is 23.5. The van der Waals surface area contributed by atoms with E-state index in [0.29, 0.717) is 17.0 Å². The molecule has 0 atom stereocenters. The number of benzene rings is 3. The summed E-state index contributed by atoms with van der Waals surface area (Å²) in [7, 11) is 0. The third-order valence-electron chi connectivity index (χ3n) is 3.52. The highest BCUT2D eigenvalue weighted by Gasteiger charge is 2.10. The Morgan fingerprint density at radius 1 is 1.08 bits per heavy atom. The Labute approximate surface area is 153 Å². The maximum absolute atomic E-state index is 12.0. The Morgan fingerprint density at radius 3 is 2.71 bits per heavy atom. The molecular weight excluding hydrogens is 417 g/mol. The van der Waals surface area contributed by atoms with Gasteiger partial charge in [-0.15, -0.1) is 0 Å². The van der Waals surface area contributed by atoms with Crippen molar-refractivity contribution >= 4 is 51.2 Å². The predicted octanol–water partition coefficient (Wildman–Crippen LogP) is 4.27. The van der Waals surface area contributed by atoms with E-state index in [4.69, 9.17) is 4.74 Å². The van der Waals surface area contributed by atoms with Crippen molar-refractivity contribution in [1.29, 1.82) is 0 Å². The molecule has 3 rings (SSSR count). The number of ether oxygens (including phenoxy) is 1. The number of rotatable bonds is 5. The molecule has 0 saturated carbocycles. The number of amides is 1. The maximum Gasteiger partial charge on any atom is 0.262 e. The molecule has 0 aliphatic heterocycles. The van der Waals surface area contributed by atoms with Crippen LogP contribution in [0.1, 0.15) is 10.4 Å². The lowest BCUT2D eigenvalue weighted by molar-refractivity contribution is -0.118. The molecule has 0 fully saturated rings. The molecule has 0 aliphatic rings. The third-order valence-corrected chi connectivity index (χ3v) is 4.19. The number of halogens is 1. The SMILES string of the molecule is O=Cc1c(OCC(=O)Nc2cccc(I)c2)ccc2ccccc12. The van der Waals surface area contributed by atoms with Crippen molar-refractivity contribution < 1.29 is 14.3 Å². The number of carbonyl (C=O) groups excluding carboxylic acids is 2. The average Bonchev–Trinajstić information content (AvgIpc) is 2.59. The van der Waals surface area contributed by atoms with Crippen LogP contribution in [0, 0.1) is 3.57 Å². The van der Waals surface area contributed by atoms with Crippen molar-refractivity contribution in [3.63, 3.8) is 0 Å². The Morgan fingerprint density at radius 2 is 1.92 bits per heavy atom. The summed E-state index contributed by atoms with van der Waals surface area (Å²) in [5, 5.41) is 4.53. The maximum atomic E-state index is 12.0. The average molecular weight is 431 g/mol. The van der Waals surface area contributed by atoms with Crippen LogP contribution >= 0.6 is 22.6 Å². The first-order chi connectivity index (χ1) is 11.7. The highest BCUT2D eigenvalue weighted by atomic mass is 127. The second-order valence-electron chi connectivity index (χ2n) is 5.16. The number of hydrogen-bond acceptors (Lipinski definition) is 3. The highest BCUT2D eigenvalue weighted by Crippen LogP contribution is 2.26. The van der Waals surface area contributed by atoms with Crippen molar-refractivity contribution in [2.75, 3.05) is 11.9 Å². The number of hydrogen-bond donors (Lipinski definition) is 1. The van der Waals surface area contributed by atoms with Gasteiger partial charge in [-0.05, 0) is 57.6 Å². The van der Waals surface area contributed by atoms with E-state index in [2.05, 4.69) is 27.9 Å². The van der Waals surface area contributed by atoms with Crippen molar-refractivity contribution in [3.05, 3.63) is 69.8 Å². The van der Waals surface area contributed by atoms with Crippen LogP contribution in [-0.4, -0.2) is 18.8 Å². The third kappa shape index (κ3) is 3.73. The number of aldehydes is 1. The zero-order chi connectivity index (χ0) is 16.9. The van der Waals surface area contributed by atoms with Gasteiger partial charge in [-0.3, -0.25) is 9.59 Å². The molecule has 3 aromatic rings. The normalized spacial score (nSPS) is 10.4. The van der Waals surface area contributed by atoms with Crippen molar-refractivity contribution in [1.82, 2.24) is 0 Å². The van der Waals surface area contributed by atoms with E-state index in [-0.39, 0.29) is 12.5 Å². The molecule has 0 aliphatic carbocycles. The van der Waals surface area contributed by atoms with Gasteiger partial charge in [0.05, 0.1) is 5.56 Å². The van der Waals surface area contributed by atoms with Crippen LogP contribution in [0.5, 0.6) is 5.75 Å². The van der Waals surface area contributed by atoms with Crippen molar-refractivity contribution in [3.8, 4) is 5.75 Å². The molecule has 5 heteroatoms. The smallest absolute Gasteiger partial charge is 0.262 e. The fourth-order valence-electron chi connectivity index (χ4n) is 2.43. The second-order valence-corrected chi connectivity index (χ2v) is 6.41. The van der Waals surface area contributed by atoms with Gasteiger partial charge in [0.2, 0.25) is 0 Å². The lowest BCUT2D eigenvalue weighted by Gasteiger charge is -2.11. The summed E-state index contributed by atoms with van der Waals surface area (Å²) >= 11 is 2.18. The first kappa shape index (κ1) is 16.4. The summed E-state index contributed by atoms with van der Waals surface area (Å²) in [6.45, 7) is -0.162. The zero-order valence-corrected chi connectivity index (χ0v) is 14.8. The van der Waals surface area contributed by atoms with Crippen LogP contribution in [0.4, 0.5) is 5.69 Å². The molecule has 24 heavy (non-hydrogen) atoms. The number of fused-ring (bicyclic) bond motifs is 1. The summed E-state index contributed by atoms with van der Waals surface area (Å²) in [5.41, 5.74) is 1.17. The lowest BCUT2D eigenvalue weighted by atomic mass is 10.0. The van der Waals surface area contributed by atoms with E-state index in [1.165, 1.54) is 0 Å². The van der Waals surface area contributed by atoms with Crippen molar-refractivity contribution in [2.45, 2.75) is 0 Å². The van der Waals surface area contributed by atoms with Gasteiger partial charge in [-0.25, -0.2) is 0 Å². The first-order valence-electron chi connectivity index (χ1n) is 7.32. The van der Waals surface area contributed by atoms with E-state index in [9.17, 15) is 9.59 Å².